The Bertz CT molecular complexity index is 1160. The van der Waals surface area contributed by atoms with E-state index in [0.717, 1.165) is 42.9 Å². The number of carbonyl (C=O) groups excluding carboxylic acids is 1. The first-order valence-electron chi connectivity index (χ1n) is 10.1. The molecule has 8 heteroatoms. The van der Waals surface area contributed by atoms with Crippen molar-refractivity contribution in [1.82, 2.24) is 24.9 Å². The van der Waals surface area contributed by atoms with Gasteiger partial charge in [0.1, 0.15) is 17.2 Å². The summed E-state index contributed by atoms with van der Waals surface area (Å²) in [6, 6.07) is 3.54. The minimum Gasteiger partial charge on any atom is -0.349 e. The molecule has 3 aliphatic rings. The number of hydrogen-bond donors (Lipinski definition) is 1. The van der Waals surface area contributed by atoms with Crippen LogP contribution >= 0.6 is 0 Å². The largest absolute Gasteiger partial charge is 0.349 e. The second-order valence-corrected chi connectivity index (χ2v) is 8.44. The molecule has 2 aliphatic heterocycles. The summed E-state index contributed by atoms with van der Waals surface area (Å²) in [6.45, 7) is 2.83. The topological polar surface area (TPSA) is 75.4 Å². The Morgan fingerprint density at radius 2 is 2.21 bits per heavy atom. The molecule has 1 spiro atoms. The number of aromatic nitrogens is 4. The van der Waals surface area contributed by atoms with Crippen molar-refractivity contribution in [3.05, 3.63) is 53.4 Å². The van der Waals surface area contributed by atoms with Crippen molar-refractivity contribution >= 4 is 17.4 Å². The number of halogens is 1. The number of hydrogen-bond acceptors (Lipinski definition) is 5. The molecule has 2 fully saturated rings. The highest BCUT2D eigenvalue weighted by molar-refractivity contribution is 5.99. The molecular weight excluding hydrogens is 371 g/mol. The van der Waals surface area contributed by atoms with Gasteiger partial charge >= 0.3 is 0 Å². The van der Waals surface area contributed by atoms with Crippen LogP contribution in [0.2, 0.25) is 0 Å². The molecule has 7 nitrogen and oxygen atoms in total. The molecule has 1 saturated heterocycles. The molecule has 0 radical (unpaired) electrons. The predicted molar refractivity (Wildman–Crippen MR) is 104 cm³/mol. The number of carbonyl (C=O) groups is 1. The molecular formula is C21H21FN6O. The van der Waals surface area contributed by atoms with Gasteiger partial charge in [0.05, 0.1) is 17.9 Å². The minimum absolute atomic E-state index is 0.0479. The number of aryl methyl sites for hydroxylation is 1. The van der Waals surface area contributed by atoms with Crippen LogP contribution in [0.15, 0.2) is 30.7 Å². The molecule has 5 heterocycles. The molecule has 1 aliphatic carbocycles. The maximum Gasteiger partial charge on any atom is 0.256 e. The zero-order chi connectivity index (χ0) is 19.8. The van der Waals surface area contributed by atoms with Crippen LogP contribution in [-0.4, -0.2) is 38.1 Å². The lowest BCUT2D eigenvalue weighted by atomic mass is 9.96. The first-order chi connectivity index (χ1) is 14.1. The van der Waals surface area contributed by atoms with E-state index in [1.54, 1.807) is 16.8 Å². The van der Waals surface area contributed by atoms with E-state index in [1.165, 1.54) is 6.20 Å². The van der Waals surface area contributed by atoms with Crippen LogP contribution in [0.25, 0.3) is 5.65 Å². The Balaban J connectivity index is 1.57. The highest BCUT2D eigenvalue weighted by Crippen LogP contribution is 2.63. The van der Waals surface area contributed by atoms with E-state index in [2.05, 4.69) is 20.3 Å². The van der Waals surface area contributed by atoms with E-state index < -0.39 is 0 Å². The Morgan fingerprint density at radius 3 is 3.07 bits per heavy atom. The molecule has 1 saturated carbocycles. The Morgan fingerprint density at radius 1 is 1.31 bits per heavy atom. The van der Waals surface area contributed by atoms with E-state index in [-0.39, 0.29) is 23.3 Å². The van der Waals surface area contributed by atoms with Gasteiger partial charge in [-0.05, 0) is 50.7 Å². The third-order valence-electron chi connectivity index (χ3n) is 6.73. The Kier molecular flexibility index (Phi) is 3.34. The van der Waals surface area contributed by atoms with Crippen LogP contribution in [0.3, 0.4) is 0 Å². The van der Waals surface area contributed by atoms with Gasteiger partial charge in [0.25, 0.3) is 5.91 Å². The van der Waals surface area contributed by atoms with Gasteiger partial charge in [-0.1, -0.05) is 0 Å². The molecule has 6 rings (SSSR count). The van der Waals surface area contributed by atoms with E-state index >= 15 is 0 Å². The molecule has 2 bridgehead atoms. The molecule has 148 valence electrons. The van der Waals surface area contributed by atoms with Gasteiger partial charge in [-0.3, -0.25) is 9.78 Å². The van der Waals surface area contributed by atoms with Crippen molar-refractivity contribution in [2.24, 2.45) is 5.92 Å². The standard InChI is InChI=1S/C21H21FN6O/c1-12-2-3-17-16(8-14(22)10-23-17)21-9-13(21)4-6-27(21)18-5-7-28-19(26-18)15(11-24-28)20(29)25-12/h5,7-8,10-13H,2-4,6,9H2,1H3,(H,25,29)/t12-,13+,21-/m1/s1. The first kappa shape index (κ1) is 16.9. The zero-order valence-corrected chi connectivity index (χ0v) is 16.1. The lowest BCUT2D eigenvalue weighted by Gasteiger charge is -2.31. The summed E-state index contributed by atoms with van der Waals surface area (Å²) in [6.07, 6.45) is 8.16. The molecule has 3 aromatic rings. The van der Waals surface area contributed by atoms with E-state index in [1.807, 2.05) is 19.2 Å². The molecule has 0 unspecified atom stereocenters. The predicted octanol–water partition coefficient (Wildman–Crippen LogP) is 2.45. The van der Waals surface area contributed by atoms with Crippen molar-refractivity contribution in [1.29, 1.82) is 0 Å². The van der Waals surface area contributed by atoms with Crippen LogP contribution in [0.5, 0.6) is 0 Å². The van der Waals surface area contributed by atoms with Gasteiger partial charge in [-0.2, -0.15) is 5.10 Å². The Labute approximate surface area is 167 Å². The number of piperidine rings is 1. The molecule has 0 aromatic carbocycles. The number of fused-ring (bicyclic) bond motifs is 3. The van der Waals surface area contributed by atoms with Gasteiger partial charge in [0.2, 0.25) is 0 Å². The van der Waals surface area contributed by atoms with Crippen molar-refractivity contribution in [3.63, 3.8) is 0 Å². The number of pyridine rings is 1. The summed E-state index contributed by atoms with van der Waals surface area (Å²) in [4.78, 5) is 24.4. The van der Waals surface area contributed by atoms with Gasteiger partial charge < -0.3 is 10.2 Å². The lowest BCUT2D eigenvalue weighted by molar-refractivity contribution is 0.0940. The van der Waals surface area contributed by atoms with Crippen molar-refractivity contribution < 1.29 is 9.18 Å². The highest BCUT2D eigenvalue weighted by Gasteiger charge is 2.64. The van der Waals surface area contributed by atoms with E-state index in [0.29, 0.717) is 23.5 Å². The highest BCUT2D eigenvalue weighted by atomic mass is 19.1. The van der Waals surface area contributed by atoms with Crippen LogP contribution in [0, 0.1) is 11.7 Å². The SMILES string of the molecule is C[C@@H]1CCc2ncc(F)cc2[C@@]23C[C@@H]2CCN3c2ccn3ncc(c3n2)C(=O)N1. The second-order valence-electron chi connectivity index (χ2n) is 8.44. The Hall–Kier alpha value is -3.03. The van der Waals surface area contributed by atoms with Crippen LogP contribution in [0.4, 0.5) is 10.2 Å². The quantitative estimate of drug-likeness (QED) is 0.636. The first-order valence-corrected chi connectivity index (χ1v) is 10.1. The fraction of sp³-hybridized carbons (Fsp3) is 0.429. The normalized spacial score (nSPS) is 28.1. The van der Waals surface area contributed by atoms with Crippen molar-refractivity contribution in [2.45, 2.75) is 44.2 Å². The maximum absolute atomic E-state index is 14.2. The smallest absolute Gasteiger partial charge is 0.256 e. The third-order valence-corrected chi connectivity index (χ3v) is 6.73. The second kappa shape index (κ2) is 5.75. The fourth-order valence-electron chi connectivity index (χ4n) is 5.21. The monoisotopic (exact) mass is 392 g/mol. The maximum atomic E-state index is 14.2. The number of rotatable bonds is 0. The van der Waals surface area contributed by atoms with Crippen molar-refractivity contribution in [3.8, 4) is 0 Å². The van der Waals surface area contributed by atoms with E-state index in [4.69, 9.17) is 4.98 Å². The van der Waals surface area contributed by atoms with Crippen LogP contribution in [-0.2, 0) is 12.0 Å². The van der Waals surface area contributed by atoms with Gasteiger partial charge in [0, 0.05) is 30.0 Å². The molecule has 1 N–H and O–H groups in total. The minimum atomic E-state index is -0.303. The number of nitrogens with zero attached hydrogens (tertiary/aromatic N) is 5. The van der Waals surface area contributed by atoms with Gasteiger partial charge in [-0.15, -0.1) is 0 Å². The summed E-state index contributed by atoms with van der Waals surface area (Å²) in [5.74, 6) is 0.802. The molecule has 3 aromatic heterocycles. The van der Waals surface area contributed by atoms with Crippen LogP contribution in [0.1, 0.15) is 47.8 Å². The zero-order valence-electron chi connectivity index (χ0n) is 16.1. The summed E-state index contributed by atoms with van der Waals surface area (Å²) in [5, 5.41) is 7.32. The third kappa shape index (κ3) is 2.34. The number of amides is 1. The fourth-order valence-corrected chi connectivity index (χ4v) is 5.21. The summed E-state index contributed by atoms with van der Waals surface area (Å²) in [7, 11) is 0. The average molecular weight is 392 g/mol. The molecule has 29 heavy (non-hydrogen) atoms. The van der Waals surface area contributed by atoms with Gasteiger partial charge in [-0.25, -0.2) is 13.9 Å². The molecule has 1 amide bonds. The lowest BCUT2D eigenvalue weighted by Crippen LogP contribution is -2.35. The molecule has 3 atom stereocenters. The van der Waals surface area contributed by atoms with Crippen molar-refractivity contribution in [2.75, 3.05) is 11.4 Å². The van der Waals surface area contributed by atoms with E-state index in [9.17, 15) is 9.18 Å². The van der Waals surface area contributed by atoms with Crippen LogP contribution < -0.4 is 10.2 Å². The average Bonchev–Trinajstić information content (AvgIpc) is 3.09. The summed E-state index contributed by atoms with van der Waals surface area (Å²) < 4.78 is 15.9. The van der Waals surface area contributed by atoms with Gasteiger partial charge in [0.15, 0.2) is 5.65 Å². The number of nitrogens with one attached hydrogen (secondary N) is 1. The summed E-state index contributed by atoms with van der Waals surface area (Å²) in [5.41, 5.74) is 2.67. The number of anilines is 1. The summed E-state index contributed by atoms with van der Waals surface area (Å²) >= 11 is 0.